The molecule has 4 heterocycles. The van der Waals surface area contributed by atoms with Crippen molar-refractivity contribution >= 4 is 11.8 Å². The average molecular weight is 871 g/mol. The topological polar surface area (TPSA) is 142 Å². The monoisotopic (exact) mass is 870 g/mol. The highest BCUT2D eigenvalue weighted by Crippen LogP contribution is 2.41. The highest BCUT2D eigenvalue weighted by Gasteiger charge is 2.42. The lowest BCUT2D eigenvalue weighted by atomic mass is 9.73. The van der Waals surface area contributed by atoms with Crippen molar-refractivity contribution in [1.29, 1.82) is 10.5 Å². The van der Waals surface area contributed by atoms with Crippen molar-refractivity contribution in [3.63, 3.8) is 0 Å². The molecular weight excluding hydrogens is 813 g/mol. The van der Waals surface area contributed by atoms with Gasteiger partial charge >= 0.3 is 0 Å². The Morgan fingerprint density at radius 3 is 1.63 bits per heavy atom. The number of rotatable bonds is 12. The minimum Gasteiger partial charge on any atom is -0.456 e. The van der Waals surface area contributed by atoms with E-state index in [2.05, 4.69) is 36.0 Å². The molecule has 0 saturated carbocycles. The Hall–Kier alpha value is -7.18. The van der Waals surface area contributed by atoms with Crippen molar-refractivity contribution in [2.75, 3.05) is 27.2 Å². The Kier molecular flexibility index (Phi) is 14.5. The number of carbonyl (C=O) groups is 2. The van der Waals surface area contributed by atoms with Gasteiger partial charge in [0.05, 0.1) is 28.3 Å². The predicted octanol–water partition coefficient (Wildman–Crippen LogP) is 10.1. The standard InChI is InChI=1S/C27H30N4O2.C26H28N4O2/c1-4-27(12-5-6-14-30(3)26(27)32)23-8-7-9-24(17-23)33-25-16-21(10-11-22(25)18-28)19-31-15-13-29-20(31)2;1-3-26(11-4-5-13-29(2)25(26)31)22-7-6-8-23(16-22)32-24-15-20(9-10-21(24)17-27)18-30-14-12-28-19-30/h7-11,13,15-17H,4-6,12,14,19H2,1-3H3;6-10,12,14-16,19H,3-5,11,13,18H2,1-2H3. The number of imidazole rings is 2. The first-order valence-corrected chi connectivity index (χ1v) is 22.6. The third-order valence-electron chi connectivity index (χ3n) is 13.2. The van der Waals surface area contributed by atoms with E-state index in [1.165, 1.54) is 0 Å². The number of ether oxygens (including phenoxy) is 2. The lowest BCUT2D eigenvalue weighted by molar-refractivity contribution is -0.136. The van der Waals surface area contributed by atoms with Crippen molar-refractivity contribution in [3.05, 3.63) is 155 Å². The van der Waals surface area contributed by atoms with E-state index in [0.29, 0.717) is 47.2 Å². The van der Waals surface area contributed by atoms with E-state index in [0.717, 1.165) is 92.5 Å². The summed E-state index contributed by atoms with van der Waals surface area (Å²) in [6, 6.07) is 31.3. The van der Waals surface area contributed by atoms with E-state index in [4.69, 9.17) is 9.47 Å². The van der Waals surface area contributed by atoms with Gasteiger partial charge in [-0.1, -0.05) is 63.1 Å². The van der Waals surface area contributed by atoms with Crippen LogP contribution in [0.2, 0.25) is 0 Å². The molecule has 2 aliphatic rings. The fourth-order valence-corrected chi connectivity index (χ4v) is 9.31. The summed E-state index contributed by atoms with van der Waals surface area (Å²) < 4.78 is 16.4. The van der Waals surface area contributed by atoms with Gasteiger partial charge in [-0.25, -0.2) is 9.97 Å². The Balaban J connectivity index is 0.000000194. The number of amides is 2. The number of likely N-dealkylation sites (N-methyl/N-ethyl adjacent to an activating group) is 2. The van der Waals surface area contributed by atoms with Crippen LogP contribution in [0, 0.1) is 29.6 Å². The smallest absolute Gasteiger partial charge is 0.232 e. The zero-order valence-corrected chi connectivity index (χ0v) is 38.2. The molecule has 12 nitrogen and oxygen atoms in total. The molecular formula is C53H58N8O4. The summed E-state index contributed by atoms with van der Waals surface area (Å²) in [7, 11) is 3.79. The van der Waals surface area contributed by atoms with Crippen LogP contribution >= 0.6 is 0 Å². The van der Waals surface area contributed by atoms with Gasteiger partial charge in [-0.05, 0) is 116 Å². The summed E-state index contributed by atoms with van der Waals surface area (Å²) in [5.74, 6) is 3.57. The van der Waals surface area contributed by atoms with Crippen LogP contribution < -0.4 is 9.47 Å². The number of likely N-dealkylation sites (tertiary alicyclic amines) is 2. The summed E-state index contributed by atoms with van der Waals surface area (Å²) in [5, 5.41) is 19.2. The molecule has 0 aliphatic carbocycles. The van der Waals surface area contributed by atoms with Crippen LogP contribution in [-0.2, 0) is 33.5 Å². The van der Waals surface area contributed by atoms with E-state index in [-0.39, 0.29) is 11.8 Å². The number of carbonyl (C=O) groups excluding carboxylic acids is 2. The second kappa shape index (κ2) is 20.5. The third kappa shape index (κ3) is 10.1. The Morgan fingerprint density at radius 1 is 0.662 bits per heavy atom. The Morgan fingerprint density at radius 2 is 1.18 bits per heavy atom. The van der Waals surface area contributed by atoms with Gasteiger partial charge < -0.3 is 28.4 Å². The van der Waals surface area contributed by atoms with Gasteiger partial charge in [0.25, 0.3) is 0 Å². The van der Waals surface area contributed by atoms with Crippen LogP contribution in [0.3, 0.4) is 0 Å². The first-order valence-electron chi connectivity index (χ1n) is 22.6. The normalized spacial score (nSPS) is 18.7. The molecule has 4 aromatic carbocycles. The van der Waals surface area contributed by atoms with Crippen LogP contribution in [-0.4, -0.2) is 67.9 Å². The fourth-order valence-electron chi connectivity index (χ4n) is 9.31. The number of hydrogen-bond acceptors (Lipinski definition) is 8. The quantitative estimate of drug-likeness (QED) is 0.118. The molecule has 6 aromatic rings. The molecule has 0 radical (unpaired) electrons. The molecule has 2 fully saturated rings. The molecule has 0 N–H and O–H groups in total. The van der Waals surface area contributed by atoms with Gasteiger partial charge in [-0.2, -0.15) is 10.5 Å². The molecule has 2 atom stereocenters. The molecule has 65 heavy (non-hydrogen) atoms. The average Bonchev–Trinajstić information content (AvgIpc) is 3.93. The van der Waals surface area contributed by atoms with Gasteiger partial charge in [-0.3, -0.25) is 9.59 Å². The van der Waals surface area contributed by atoms with Gasteiger partial charge in [0.1, 0.15) is 41.0 Å². The number of aromatic nitrogens is 4. The van der Waals surface area contributed by atoms with Crippen molar-refractivity contribution in [3.8, 4) is 35.1 Å². The van der Waals surface area contributed by atoms with Crippen LogP contribution in [0.15, 0.2) is 116 Å². The Bertz CT molecular complexity index is 2690. The molecule has 0 spiro atoms. The van der Waals surface area contributed by atoms with Gasteiger partial charge in [0.15, 0.2) is 0 Å². The van der Waals surface area contributed by atoms with Crippen molar-refractivity contribution in [2.45, 2.75) is 96.1 Å². The third-order valence-corrected chi connectivity index (χ3v) is 13.2. The maximum atomic E-state index is 13.3. The van der Waals surface area contributed by atoms with Crippen LogP contribution in [0.25, 0.3) is 0 Å². The van der Waals surface area contributed by atoms with Crippen LogP contribution in [0.4, 0.5) is 0 Å². The summed E-state index contributed by atoms with van der Waals surface area (Å²) in [5.41, 5.74) is 3.86. The first-order chi connectivity index (χ1) is 31.5. The van der Waals surface area contributed by atoms with E-state index in [1.807, 2.05) is 125 Å². The van der Waals surface area contributed by atoms with Crippen molar-refractivity contribution < 1.29 is 19.1 Å². The van der Waals surface area contributed by atoms with Gasteiger partial charge in [0.2, 0.25) is 11.8 Å². The van der Waals surface area contributed by atoms with Crippen molar-refractivity contribution in [1.82, 2.24) is 28.9 Å². The molecule has 2 saturated heterocycles. The number of hydrogen-bond donors (Lipinski definition) is 0. The highest BCUT2D eigenvalue weighted by atomic mass is 16.5. The van der Waals surface area contributed by atoms with Crippen LogP contribution in [0.5, 0.6) is 23.0 Å². The SMILES string of the molecule is CCC1(c2cccc(Oc3cc(Cn4ccnc4)ccc3C#N)c2)CCCCN(C)C1=O.CCC1(c2cccc(Oc3cc(Cn4ccnc4C)ccc3C#N)c2)CCCCN(C)C1=O. The molecule has 2 amide bonds. The van der Waals surface area contributed by atoms with E-state index < -0.39 is 10.8 Å². The zero-order chi connectivity index (χ0) is 46.0. The minimum absolute atomic E-state index is 0.176. The van der Waals surface area contributed by atoms with Crippen LogP contribution in [0.1, 0.15) is 104 Å². The van der Waals surface area contributed by atoms with E-state index in [1.54, 1.807) is 30.9 Å². The minimum atomic E-state index is -0.538. The summed E-state index contributed by atoms with van der Waals surface area (Å²) >= 11 is 0. The maximum absolute atomic E-state index is 13.3. The molecule has 2 aromatic heterocycles. The summed E-state index contributed by atoms with van der Waals surface area (Å²) in [6.45, 7) is 9.01. The molecule has 12 heteroatoms. The maximum Gasteiger partial charge on any atom is 0.232 e. The van der Waals surface area contributed by atoms with Crippen molar-refractivity contribution in [2.24, 2.45) is 0 Å². The summed E-state index contributed by atoms with van der Waals surface area (Å²) in [6.07, 6.45) is 16.3. The second-order valence-electron chi connectivity index (χ2n) is 17.2. The Labute approximate surface area is 382 Å². The highest BCUT2D eigenvalue weighted by molar-refractivity contribution is 5.89. The lowest BCUT2D eigenvalue weighted by Gasteiger charge is -2.33. The summed E-state index contributed by atoms with van der Waals surface area (Å²) in [4.78, 5) is 38.7. The predicted molar refractivity (Wildman–Crippen MR) is 250 cm³/mol. The largest absolute Gasteiger partial charge is 0.456 e. The molecule has 334 valence electrons. The zero-order valence-electron chi connectivity index (χ0n) is 38.2. The lowest BCUT2D eigenvalue weighted by Crippen LogP contribution is -2.43. The number of aryl methyl sites for hydroxylation is 1. The number of nitriles is 2. The number of benzene rings is 4. The van der Waals surface area contributed by atoms with Gasteiger partial charge in [0, 0.05) is 65.1 Å². The van der Waals surface area contributed by atoms with E-state index in [9.17, 15) is 20.1 Å². The fraction of sp³-hybridized carbons (Fsp3) is 0.358. The second-order valence-corrected chi connectivity index (χ2v) is 17.2. The number of nitrogens with zero attached hydrogens (tertiary/aromatic N) is 8. The van der Waals surface area contributed by atoms with Gasteiger partial charge in [-0.15, -0.1) is 0 Å². The molecule has 2 unspecified atom stereocenters. The first kappa shape index (κ1) is 45.8. The van der Waals surface area contributed by atoms with E-state index >= 15 is 0 Å². The molecule has 0 bridgehead atoms. The molecule has 8 rings (SSSR count). The molecule has 2 aliphatic heterocycles.